The largest absolute Gasteiger partial charge is 0.492 e. The van der Waals surface area contributed by atoms with Gasteiger partial charge in [0.05, 0.1) is 0 Å². The maximum absolute atomic E-state index is 5.78. The maximum Gasteiger partial charge on any atom is 0.120 e. The summed E-state index contributed by atoms with van der Waals surface area (Å²) in [4.78, 5) is 2.54. The molecule has 98 valence electrons. The molecule has 0 amide bonds. The van der Waals surface area contributed by atoms with E-state index in [-0.39, 0.29) is 0 Å². The lowest BCUT2D eigenvalue weighted by molar-refractivity contribution is 0.228. The van der Waals surface area contributed by atoms with E-state index in [1.54, 1.807) is 0 Å². The Morgan fingerprint density at radius 1 is 1.28 bits per heavy atom. The summed E-state index contributed by atoms with van der Waals surface area (Å²) in [5.74, 6) is 2.69. The fraction of sp³-hybridized carbons (Fsp3) is 0.571. The molecule has 2 fully saturated rings. The van der Waals surface area contributed by atoms with Gasteiger partial charge in [0.2, 0.25) is 0 Å². The molecule has 2 saturated heterocycles. The third-order valence-corrected chi connectivity index (χ3v) is 4.43. The number of fused-ring (bicyclic) bond motifs is 1. The first kappa shape index (κ1) is 12.5. The number of hydrogen-bond donors (Lipinski definition) is 1. The first-order chi connectivity index (χ1) is 8.81. The van der Waals surface area contributed by atoms with Crippen LogP contribution < -0.4 is 10.1 Å². The minimum absolute atomic E-state index is 0.781. The van der Waals surface area contributed by atoms with Gasteiger partial charge in [-0.05, 0) is 43.1 Å². The molecular weight excluding hydrogens is 292 g/mol. The van der Waals surface area contributed by atoms with Crippen LogP contribution in [0.4, 0.5) is 0 Å². The first-order valence-corrected chi connectivity index (χ1v) is 7.42. The van der Waals surface area contributed by atoms with E-state index in [2.05, 4.69) is 26.1 Å². The Bertz CT molecular complexity index is 401. The van der Waals surface area contributed by atoms with Crippen LogP contribution in [0.15, 0.2) is 28.7 Å². The van der Waals surface area contributed by atoms with Crippen molar-refractivity contribution in [1.29, 1.82) is 0 Å². The summed E-state index contributed by atoms with van der Waals surface area (Å²) in [6.07, 6.45) is 0. The van der Waals surface area contributed by atoms with E-state index in [1.165, 1.54) is 26.2 Å². The molecule has 0 spiro atoms. The summed E-state index contributed by atoms with van der Waals surface area (Å²) in [6.45, 7) is 6.70. The van der Waals surface area contributed by atoms with Gasteiger partial charge in [0, 0.05) is 24.1 Å². The second-order valence-corrected chi connectivity index (χ2v) is 6.16. The van der Waals surface area contributed by atoms with Crippen LogP contribution in [0.1, 0.15) is 0 Å². The molecule has 2 atom stereocenters. The summed E-state index contributed by atoms with van der Waals surface area (Å²) in [7, 11) is 0. The van der Waals surface area contributed by atoms with E-state index in [1.807, 2.05) is 24.3 Å². The molecule has 0 unspecified atom stereocenters. The average Bonchev–Trinajstić information content (AvgIpc) is 2.89. The zero-order valence-electron chi connectivity index (χ0n) is 10.4. The van der Waals surface area contributed by atoms with Crippen molar-refractivity contribution >= 4 is 15.9 Å². The summed E-state index contributed by atoms with van der Waals surface area (Å²) < 4.78 is 6.85. The van der Waals surface area contributed by atoms with Crippen molar-refractivity contribution in [1.82, 2.24) is 10.2 Å². The number of nitrogens with zero attached hydrogens (tertiary/aromatic N) is 1. The lowest BCUT2D eigenvalue weighted by Crippen LogP contribution is -2.29. The van der Waals surface area contributed by atoms with Gasteiger partial charge in [-0.25, -0.2) is 0 Å². The molecule has 0 saturated carbocycles. The van der Waals surface area contributed by atoms with Gasteiger partial charge in [-0.1, -0.05) is 22.0 Å². The highest BCUT2D eigenvalue weighted by Gasteiger charge is 2.35. The van der Waals surface area contributed by atoms with Crippen molar-refractivity contribution in [2.45, 2.75) is 0 Å². The summed E-state index contributed by atoms with van der Waals surface area (Å²) in [6, 6.07) is 8.04. The Morgan fingerprint density at radius 3 is 2.78 bits per heavy atom. The molecule has 4 heteroatoms. The first-order valence-electron chi connectivity index (χ1n) is 6.63. The SMILES string of the molecule is Brc1cccc(OCCN2C[C@H]3CNC[C@H]3C2)c1. The van der Waals surface area contributed by atoms with Gasteiger partial charge in [-0.2, -0.15) is 0 Å². The predicted molar refractivity (Wildman–Crippen MR) is 75.9 cm³/mol. The molecule has 2 aliphatic rings. The third-order valence-electron chi connectivity index (χ3n) is 3.94. The molecule has 3 nitrogen and oxygen atoms in total. The molecule has 0 radical (unpaired) electrons. The number of ether oxygens (including phenoxy) is 1. The van der Waals surface area contributed by atoms with Gasteiger partial charge in [0.15, 0.2) is 0 Å². The van der Waals surface area contributed by atoms with Crippen LogP contribution in [0.2, 0.25) is 0 Å². The van der Waals surface area contributed by atoms with Crippen molar-refractivity contribution in [3.05, 3.63) is 28.7 Å². The second-order valence-electron chi connectivity index (χ2n) is 5.24. The summed E-state index contributed by atoms with van der Waals surface area (Å²) >= 11 is 3.46. The molecule has 1 N–H and O–H groups in total. The summed E-state index contributed by atoms with van der Waals surface area (Å²) in [5.41, 5.74) is 0. The number of likely N-dealkylation sites (tertiary alicyclic amines) is 1. The van der Waals surface area contributed by atoms with Gasteiger partial charge >= 0.3 is 0 Å². The minimum Gasteiger partial charge on any atom is -0.492 e. The fourth-order valence-electron chi connectivity index (χ4n) is 2.98. The highest BCUT2D eigenvalue weighted by Crippen LogP contribution is 2.26. The number of nitrogens with one attached hydrogen (secondary N) is 1. The molecule has 2 aliphatic heterocycles. The van der Waals surface area contributed by atoms with Crippen LogP contribution in [0.25, 0.3) is 0 Å². The molecule has 2 heterocycles. The second kappa shape index (κ2) is 5.59. The number of halogens is 1. The van der Waals surface area contributed by atoms with Crippen LogP contribution in [0, 0.1) is 11.8 Å². The van der Waals surface area contributed by atoms with Crippen molar-refractivity contribution in [3.63, 3.8) is 0 Å². The van der Waals surface area contributed by atoms with E-state index in [4.69, 9.17) is 4.74 Å². The zero-order valence-corrected chi connectivity index (χ0v) is 12.0. The Balaban J connectivity index is 1.43. The predicted octanol–water partition coefficient (Wildman–Crippen LogP) is 1.98. The van der Waals surface area contributed by atoms with E-state index in [9.17, 15) is 0 Å². The smallest absolute Gasteiger partial charge is 0.120 e. The van der Waals surface area contributed by atoms with Gasteiger partial charge < -0.3 is 10.1 Å². The monoisotopic (exact) mass is 310 g/mol. The molecule has 1 aromatic rings. The molecule has 18 heavy (non-hydrogen) atoms. The van der Waals surface area contributed by atoms with Gasteiger partial charge in [0.25, 0.3) is 0 Å². The normalized spacial score (nSPS) is 27.4. The van der Waals surface area contributed by atoms with E-state index < -0.39 is 0 Å². The van der Waals surface area contributed by atoms with E-state index >= 15 is 0 Å². The Morgan fingerprint density at radius 2 is 2.06 bits per heavy atom. The maximum atomic E-state index is 5.78. The van der Waals surface area contributed by atoms with E-state index in [0.29, 0.717) is 0 Å². The molecule has 0 aromatic heterocycles. The van der Waals surface area contributed by atoms with E-state index in [0.717, 1.165) is 35.2 Å². The van der Waals surface area contributed by atoms with Crippen LogP contribution in [-0.4, -0.2) is 44.2 Å². The standard InChI is InChI=1S/C14H19BrN2O/c15-13-2-1-3-14(6-13)18-5-4-17-9-11-7-16-8-12(11)10-17/h1-3,6,11-12,16H,4-5,7-10H2/t11-,12+. The van der Waals surface area contributed by atoms with Crippen LogP contribution >= 0.6 is 15.9 Å². The number of benzene rings is 1. The van der Waals surface area contributed by atoms with Crippen LogP contribution in [-0.2, 0) is 0 Å². The van der Waals surface area contributed by atoms with Gasteiger partial charge in [0.1, 0.15) is 12.4 Å². The lowest BCUT2D eigenvalue weighted by atomic mass is 10.0. The van der Waals surface area contributed by atoms with Crippen molar-refractivity contribution in [3.8, 4) is 5.75 Å². The third kappa shape index (κ3) is 2.87. The Hall–Kier alpha value is -0.580. The number of rotatable bonds is 4. The molecule has 0 bridgehead atoms. The number of hydrogen-bond acceptors (Lipinski definition) is 3. The summed E-state index contributed by atoms with van der Waals surface area (Å²) in [5, 5.41) is 3.47. The minimum atomic E-state index is 0.781. The highest BCUT2D eigenvalue weighted by molar-refractivity contribution is 9.10. The van der Waals surface area contributed by atoms with Crippen LogP contribution in [0.5, 0.6) is 5.75 Å². The highest BCUT2D eigenvalue weighted by atomic mass is 79.9. The van der Waals surface area contributed by atoms with Crippen molar-refractivity contribution in [2.24, 2.45) is 11.8 Å². The molecule has 3 rings (SSSR count). The van der Waals surface area contributed by atoms with Crippen molar-refractivity contribution in [2.75, 3.05) is 39.3 Å². The topological polar surface area (TPSA) is 24.5 Å². The Kier molecular flexibility index (Phi) is 3.87. The van der Waals surface area contributed by atoms with Crippen molar-refractivity contribution < 1.29 is 4.74 Å². The Labute approximate surface area is 117 Å². The molecular formula is C14H19BrN2O. The fourth-order valence-corrected chi connectivity index (χ4v) is 3.36. The van der Waals surface area contributed by atoms with Gasteiger partial charge in [-0.15, -0.1) is 0 Å². The lowest BCUT2D eigenvalue weighted by Gasteiger charge is -2.17. The molecule has 0 aliphatic carbocycles. The zero-order chi connectivity index (χ0) is 12.4. The average molecular weight is 311 g/mol. The van der Waals surface area contributed by atoms with Crippen LogP contribution in [0.3, 0.4) is 0 Å². The molecule has 1 aromatic carbocycles. The van der Waals surface area contributed by atoms with Gasteiger partial charge in [-0.3, -0.25) is 4.90 Å². The quantitative estimate of drug-likeness (QED) is 0.920.